The molecule has 84 valence electrons. The van der Waals surface area contributed by atoms with E-state index in [2.05, 4.69) is 40.4 Å². The van der Waals surface area contributed by atoms with E-state index in [4.69, 9.17) is 5.26 Å². The maximum atomic E-state index is 8.92. The lowest BCUT2D eigenvalue weighted by molar-refractivity contribution is 0.816. The third-order valence-corrected chi connectivity index (χ3v) is 2.68. The lowest BCUT2D eigenvalue weighted by Gasteiger charge is -2.23. The maximum Gasteiger partial charge on any atom is 0.0992 e. The molecule has 2 nitrogen and oxygen atoms in total. The maximum absolute atomic E-state index is 8.92. The van der Waals surface area contributed by atoms with Crippen LogP contribution < -0.4 is 4.90 Å². The number of hydrogen-bond donors (Lipinski definition) is 0. The van der Waals surface area contributed by atoms with Gasteiger partial charge in [-0.05, 0) is 24.6 Å². The lowest BCUT2D eigenvalue weighted by Crippen LogP contribution is -2.23. The Morgan fingerprint density at radius 2 is 2.25 bits per heavy atom. The monoisotopic (exact) mass is 278 g/mol. The molecule has 0 radical (unpaired) electrons. The first kappa shape index (κ1) is 12.8. The molecule has 0 saturated carbocycles. The van der Waals surface area contributed by atoms with Crippen LogP contribution in [0.5, 0.6) is 0 Å². The van der Waals surface area contributed by atoms with Crippen LogP contribution in [0.2, 0.25) is 0 Å². The number of benzene rings is 1. The van der Waals surface area contributed by atoms with Crippen LogP contribution in [-0.4, -0.2) is 13.1 Å². The summed E-state index contributed by atoms with van der Waals surface area (Å²) in [4.78, 5) is 2.21. The molecule has 3 heteroatoms. The van der Waals surface area contributed by atoms with Crippen LogP contribution in [0.25, 0.3) is 0 Å². The van der Waals surface area contributed by atoms with Crippen LogP contribution in [-0.2, 0) is 0 Å². The lowest BCUT2D eigenvalue weighted by atomic mass is 10.2. The first-order valence-electron chi connectivity index (χ1n) is 5.27. The van der Waals surface area contributed by atoms with Gasteiger partial charge in [0.1, 0.15) is 0 Å². The van der Waals surface area contributed by atoms with Crippen molar-refractivity contribution in [1.29, 1.82) is 5.26 Å². The average Bonchev–Trinajstić information content (AvgIpc) is 2.28. The van der Waals surface area contributed by atoms with E-state index >= 15 is 0 Å². The second-order valence-electron chi connectivity index (χ2n) is 3.54. The fourth-order valence-electron chi connectivity index (χ4n) is 1.57. The van der Waals surface area contributed by atoms with Gasteiger partial charge in [-0.25, -0.2) is 0 Å². The Bertz CT molecular complexity index is 407. The summed E-state index contributed by atoms with van der Waals surface area (Å²) < 4.78 is 0.937. The van der Waals surface area contributed by atoms with Gasteiger partial charge >= 0.3 is 0 Å². The highest BCUT2D eigenvalue weighted by atomic mass is 79.9. The Labute approximate surface area is 105 Å². The molecule has 0 saturated heterocycles. The molecule has 0 aliphatic heterocycles. The Balaban J connectivity index is 3.03. The second kappa shape index (κ2) is 6.34. The van der Waals surface area contributed by atoms with Gasteiger partial charge in [-0.3, -0.25) is 0 Å². The van der Waals surface area contributed by atoms with Crippen LogP contribution in [0.1, 0.15) is 18.9 Å². The van der Waals surface area contributed by atoms with E-state index in [0.717, 1.165) is 29.7 Å². The molecule has 0 heterocycles. The number of halogens is 1. The van der Waals surface area contributed by atoms with Crippen LogP contribution in [0.4, 0.5) is 5.69 Å². The topological polar surface area (TPSA) is 27.0 Å². The van der Waals surface area contributed by atoms with E-state index in [-0.39, 0.29) is 0 Å². The van der Waals surface area contributed by atoms with Gasteiger partial charge in [-0.2, -0.15) is 5.26 Å². The van der Waals surface area contributed by atoms with E-state index in [1.165, 1.54) is 0 Å². The minimum absolute atomic E-state index is 0.676. The molecule has 0 aromatic heterocycles. The zero-order valence-electron chi connectivity index (χ0n) is 9.41. The van der Waals surface area contributed by atoms with Crippen molar-refractivity contribution < 1.29 is 0 Å². The predicted octanol–water partition coefficient (Wildman–Crippen LogP) is 3.72. The number of rotatable bonds is 5. The van der Waals surface area contributed by atoms with Crippen molar-refractivity contribution in [3.05, 3.63) is 40.9 Å². The van der Waals surface area contributed by atoms with Gasteiger partial charge in [0, 0.05) is 23.2 Å². The second-order valence-corrected chi connectivity index (χ2v) is 4.46. The summed E-state index contributed by atoms with van der Waals surface area (Å²) >= 11 is 3.42. The zero-order chi connectivity index (χ0) is 12.0. The Kier molecular flexibility index (Phi) is 5.07. The quantitative estimate of drug-likeness (QED) is 0.768. The first-order chi connectivity index (χ1) is 7.71. The van der Waals surface area contributed by atoms with Gasteiger partial charge in [-0.1, -0.05) is 28.9 Å². The van der Waals surface area contributed by atoms with E-state index in [1.54, 1.807) is 0 Å². The average molecular weight is 279 g/mol. The van der Waals surface area contributed by atoms with E-state index < -0.39 is 0 Å². The highest BCUT2D eigenvalue weighted by Gasteiger charge is 2.06. The minimum atomic E-state index is 0.676. The molecule has 1 rings (SSSR count). The molecule has 0 atom stereocenters. The third-order valence-electron chi connectivity index (χ3n) is 2.22. The fourth-order valence-corrected chi connectivity index (χ4v) is 2.05. The van der Waals surface area contributed by atoms with Crippen molar-refractivity contribution in [2.24, 2.45) is 0 Å². The molecule has 1 aromatic rings. The normalized spacial score (nSPS) is 9.56. The van der Waals surface area contributed by atoms with Crippen molar-refractivity contribution in [1.82, 2.24) is 0 Å². The van der Waals surface area contributed by atoms with E-state index in [0.29, 0.717) is 5.56 Å². The summed E-state index contributed by atoms with van der Waals surface area (Å²) in [6.07, 6.45) is 2.95. The van der Waals surface area contributed by atoms with Gasteiger partial charge in [-0.15, -0.1) is 6.58 Å². The molecule has 1 aromatic carbocycles. The molecule has 0 unspecified atom stereocenters. The van der Waals surface area contributed by atoms with Gasteiger partial charge in [0.2, 0.25) is 0 Å². The van der Waals surface area contributed by atoms with Gasteiger partial charge < -0.3 is 4.90 Å². The van der Waals surface area contributed by atoms with Crippen LogP contribution in [0.3, 0.4) is 0 Å². The molecule has 16 heavy (non-hydrogen) atoms. The highest BCUT2D eigenvalue weighted by Crippen LogP contribution is 2.22. The van der Waals surface area contributed by atoms with Crippen molar-refractivity contribution >= 4 is 21.6 Å². The smallest absolute Gasteiger partial charge is 0.0992 e. The summed E-state index contributed by atoms with van der Waals surface area (Å²) in [5.41, 5.74) is 1.74. The Morgan fingerprint density at radius 3 is 2.81 bits per heavy atom. The largest absolute Gasteiger partial charge is 0.368 e. The van der Waals surface area contributed by atoms with E-state index in [9.17, 15) is 0 Å². The Morgan fingerprint density at radius 1 is 1.50 bits per heavy atom. The molecule has 0 aliphatic carbocycles. The van der Waals surface area contributed by atoms with Crippen LogP contribution in [0, 0.1) is 11.3 Å². The number of nitriles is 1. The van der Waals surface area contributed by atoms with Gasteiger partial charge in [0.25, 0.3) is 0 Å². The molecule has 0 fully saturated rings. The fraction of sp³-hybridized carbons (Fsp3) is 0.308. The van der Waals surface area contributed by atoms with E-state index in [1.807, 2.05) is 24.3 Å². The summed E-state index contributed by atoms with van der Waals surface area (Å²) in [6, 6.07) is 7.92. The van der Waals surface area contributed by atoms with Crippen LogP contribution >= 0.6 is 15.9 Å². The third kappa shape index (κ3) is 3.39. The SMILES string of the molecule is C=CCN(CCC)c1cc(Br)cc(C#N)c1. The number of hydrogen-bond acceptors (Lipinski definition) is 2. The van der Waals surface area contributed by atoms with Crippen molar-refractivity contribution in [3.63, 3.8) is 0 Å². The van der Waals surface area contributed by atoms with Crippen molar-refractivity contribution in [2.45, 2.75) is 13.3 Å². The molecule has 0 N–H and O–H groups in total. The zero-order valence-corrected chi connectivity index (χ0v) is 11.0. The van der Waals surface area contributed by atoms with Gasteiger partial charge in [0.05, 0.1) is 11.6 Å². The highest BCUT2D eigenvalue weighted by molar-refractivity contribution is 9.10. The molecule has 0 bridgehead atoms. The van der Waals surface area contributed by atoms with Crippen molar-refractivity contribution in [3.8, 4) is 6.07 Å². The summed E-state index contributed by atoms with van der Waals surface area (Å²) in [6.45, 7) is 7.66. The summed E-state index contributed by atoms with van der Waals surface area (Å²) in [5, 5.41) is 8.92. The molecule has 0 aliphatic rings. The summed E-state index contributed by atoms with van der Waals surface area (Å²) in [7, 11) is 0. The number of anilines is 1. The predicted molar refractivity (Wildman–Crippen MR) is 71.6 cm³/mol. The van der Waals surface area contributed by atoms with Gasteiger partial charge in [0.15, 0.2) is 0 Å². The minimum Gasteiger partial charge on any atom is -0.368 e. The Hall–Kier alpha value is -1.27. The standard InChI is InChI=1S/C13H15BrN2/c1-3-5-16(6-4-2)13-8-11(10-15)7-12(14)9-13/h3,7-9H,1,4-6H2,2H3. The number of nitrogens with zero attached hydrogens (tertiary/aromatic N) is 2. The summed E-state index contributed by atoms with van der Waals surface area (Å²) in [5.74, 6) is 0. The molecular weight excluding hydrogens is 264 g/mol. The first-order valence-corrected chi connectivity index (χ1v) is 6.07. The molecule has 0 amide bonds. The molecular formula is C13H15BrN2. The van der Waals surface area contributed by atoms with Crippen molar-refractivity contribution in [2.75, 3.05) is 18.0 Å². The van der Waals surface area contributed by atoms with Crippen LogP contribution in [0.15, 0.2) is 35.3 Å². The molecule has 0 spiro atoms.